The third-order valence-electron chi connectivity index (χ3n) is 6.78. The van der Waals surface area contributed by atoms with Crippen LogP contribution in [-0.4, -0.2) is 18.2 Å². The van der Waals surface area contributed by atoms with E-state index in [0.29, 0.717) is 5.75 Å². The van der Waals surface area contributed by atoms with Crippen molar-refractivity contribution in [3.8, 4) is 5.75 Å². The molecule has 3 nitrogen and oxygen atoms in total. The summed E-state index contributed by atoms with van der Waals surface area (Å²) in [6.45, 7) is 3.90. The van der Waals surface area contributed by atoms with E-state index in [2.05, 4.69) is 84.9 Å². The van der Waals surface area contributed by atoms with E-state index in [9.17, 15) is 4.79 Å². The van der Waals surface area contributed by atoms with Crippen molar-refractivity contribution in [3.05, 3.63) is 120 Å². The third-order valence-corrected chi connectivity index (χ3v) is 9.02. The van der Waals surface area contributed by atoms with E-state index in [1.807, 2.05) is 38.1 Å². The molecule has 0 bridgehead atoms. The Morgan fingerprint density at radius 3 is 1.72 bits per heavy atom. The molecule has 0 aromatic heterocycles. The van der Waals surface area contributed by atoms with Crippen molar-refractivity contribution in [3.63, 3.8) is 0 Å². The van der Waals surface area contributed by atoms with E-state index in [1.54, 1.807) is 0 Å². The highest BCUT2D eigenvalue weighted by Crippen LogP contribution is 2.36. The second-order valence-electron chi connectivity index (χ2n) is 9.64. The highest BCUT2D eigenvalue weighted by molar-refractivity contribution is 7.97. The van der Waals surface area contributed by atoms with Crippen molar-refractivity contribution in [1.29, 1.82) is 0 Å². The van der Waals surface area contributed by atoms with Gasteiger partial charge in [-0.1, -0.05) is 60.7 Å². The van der Waals surface area contributed by atoms with Crippen molar-refractivity contribution in [1.82, 2.24) is 0 Å². The first kappa shape index (κ1) is 24.2. The zero-order valence-electron chi connectivity index (χ0n) is 20.7. The zero-order valence-corrected chi connectivity index (χ0v) is 21.5. The fourth-order valence-electron chi connectivity index (χ4n) is 4.79. The van der Waals surface area contributed by atoms with Crippen LogP contribution in [0.1, 0.15) is 25.0 Å². The Morgan fingerprint density at radius 2 is 1.19 bits per heavy atom. The molecule has 0 atom stereocenters. The molecule has 0 fully saturated rings. The molecule has 0 saturated carbocycles. The predicted octanol–water partition coefficient (Wildman–Crippen LogP) is 6.90. The predicted molar refractivity (Wildman–Crippen MR) is 144 cm³/mol. The molecule has 0 N–H and O–H groups in total. The lowest BCUT2D eigenvalue weighted by molar-refractivity contribution is -0.163. The van der Waals surface area contributed by atoms with Crippen LogP contribution >= 0.6 is 0 Å². The second kappa shape index (κ2) is 10.6. The molecule has 0 spiro atoms. The van der Waals surface area contributed by atoms with Gasteiger partial charge in [-0.25, -0.2) is 4.79 Å². The third kappa shape index (κ3) is 5.50. The smallest absolute Gasteiger partial charge is 0.344 e. The van der Waals surface area contributed by atoms with Crippen LogP contribution in [0.25, 0.3) is 0 Å². The Bertz CT molecular complexity index is 1240. The molecule has 0 heterocycles. The summed E-state index contributed by atoms with van der Waals surface area (Å²) >= 11 is 0. The SMILES string of the molecule is CC(C)(OC(=O)COc1ccc([S+](c2ccccc2)c2ccccc2)cc1)C1Cc2ccccc2C1. The van der Waals surface area contributed by atoms with Gasteiger partial charge in [0, 0.05) is 5.92 Å². The van der Waals surface area contributed by atoms with Crippen LogP contribution in [0.4, 0.5) is 0 Å². The molecule has 5 rings (SSSR count). The lowest BCUT2D eigenvalue weighted by Crippen LogP contribution is -2.38. The minimum Gasteiger partial charge on any atom is -0.482 e. The summed E-state index contributed by atoms with van der Waals surface area (Å²) < 4.78 is 11.7. The number of hydrogen-bond donors (Lipinski definition) is 0. The highest BCUT2D eigenvalue weighted by atomic mass is 32.2. The zero-order chi connectivity index (χ0) is 25.0. The van der Waals surface area contributed by atoms with Crippen molar-refractivity contribution >= 4 is 16.9 Å². The Balaban J connectivity index is 1.22. The van der Waals surface area contributed by atoms with Gasteiger partial charge in [-0.05, 0) is 86.3 Å². The summed E-state index contributed by atoms with van der Waals surface area (Å²) in [6, 6.07) is 37.6. The second-order valence-corrected chi connectivity index (χ2v) is 11.7. The Labute approximate surface area is 216 Å². The lowest BCUT2D eigenvalue weighted by atomic mass is 9.88. The summed E-state index contributed by atoms with van der Waals surface area (Å²) in [7, 11) is -0.215. The summed E-state index contributed by atoms with van der Waals surface area (Å²) in [5.74, 6) is 0.590. The van der Waals surface area contributed by atoms with E-state index < -0.39 is 5.60 Å². The van der Waals surface area contributed by atoms with Crippen molar-refractivity contribution in [2.24, 2.45) is 5.92 Å². The molecule has 0 saturated heterocycles. The molecule has 1 aliphatic rings. The van der Waals surface area contributed by atoms with E-state index >= 15 is 0 Å². The molecular weight excluding hydrogens is 464 g/mol. The number of carbonyl (C=O) groups excluding carboxylic acids is 1. The van der Waals surface area contributed by atoms with Gasteiger partial charge in [-0.3, -0.25) is 0 Å². The topological polar surface area (TPSA) is 35.5 Å². The average Bonchev–Trinajstić information content (AvgIpc) is 3.35. The number of ether oxygens (including phenoxy) is 2. The Kier molecular flexibility index (Phi) is 7.15. The van der Waals surface area contributed by atoms with Gasteiger partial charge in [0.05, 0.1) is 10.9 Å². The minimum absolute atomic E-state index is 0.106. The normalized spacial score (nSPS) is 13.4. The van der Waals surface area contributed by atoms with Crippen LogP contribution in [0.15, 0.2) is 124 Å². The number of rotatable bonds is 8. The fourth-order valence-corrected chi connectivity index (χ4v) is 6.88. The van der Waals surface area contributed by atoms with Crippen molar-refractivity contribution in [2.45, 2.75) is 47.0 Å². The van der Waals surface area contributed by atoms with Crippen LogP contribution in [0.3, 0.4) is 0 Å². The molecule has 4 aromatic rings. The molecule has 0 unspecified atom stereocenters. The molecule has 36 heavy (non-hydrogen) atoms. The number of esters is 1. The molecule has 0 aliphatic heterocycles. The number of fused-ring (bicyclic) bond motifs is 1. The van der Waals surface area contributed by atoms with Gasteiger partial charge in [-0.15, -0.1) is 0 Å². The summed E-state index contributed by atoms with van der Waals surface area (Å²) in [4.78, 5) is 16.4. The molecule has 182 valence electrons. The van der Waals surface area contributed by atoms with Gasteiger partial charge >= 0.3 is 5.97 Å². The minimum atomic E-state index is -0.553. The van der Waals surface area contributed by atoms with E-state index in [-0.39, 0.29) is 29.4 Å². The lowest BCUT2D eigenvalue weighted by Gasteiger charge is -2.31. The van der Waals surface area contributed by atoms with Gasteiger partial charge in [0.25, 0.3) is 0 Å². The van der Waals surface area contributed by atoms with Gasteiger partial charge in [0.2, 0.25) is 0 Å². The van der Waals surface area contributed by atoms with Gasteiger partial charge in [-0.2, -0.15) is 0 Å². The van der Waals surface area contributed by atoms with Crippen molar-refractivity contribution in [2.75, 3.05) is 6.61 Å². The summed E-state index contributed by atoms with van der Waals surface area (Å²) in [6.07, 6.45) is 1.87. The Hall–Kier alpha value is -3.50. The summed E-state index contributed by atoms with van der Waals surface area (Å²) in [5.41, 5.74) is 2.16. The maximum absolute atomic E-state index is 12.7. The van der Waals surface area contributed by atoms with Gasteiger partial charge in [0.15, 0.2) is 21.3 Å². The summed E-state index contributed by atoms with van der Waals surface area (Å²) in [5, 5.41) is 0. The fraction of sp³-hybridized carbons (Fsp3) is 0.219. The van der Waals surface area contributed by atoms with E-state index in [1.165, 1.54) is 25.8 Å². The van der Waals surface area contributed by atoms with Gasteiger partial charge in [0.1, 0.15) is 11.4 Å². The largest absolute Gasteiger partial charge is 0.482 e. The molecular formula is C32H31O3S+. The standard InChI is InChI=1S/C32H31O3S/c1-32(2,26-21-24-11-9-10-12-25(24)22-26)35-31(33)23-34-27-17-19-30(20-18-27)36(28-13-5-3-6-14-28)29-15-7-4-8-16-29/h3-20,26H,21-23H2,1-2H3/q+1. The first-order chi connectivity index (χ1) is 17.5. The average molecular weight is 496 g/mol. The number of benzene rings is 4. The quantitative estimate of drug-likeness (QED) is 0.197. The number of carbonyl (C=O) groups is 1. The van der Waals surface area contributed by atoms with Crippen LogP contribution in [-0.2, 0) is 33.3 Å². The monoisotopic (exact) mass is 495 g/mol. The molecule has 0 amide bonds. The van der Waals surface area contributed by atoms with Crippen molar-refractivity contribution < 1.29 is 14.3 Å². The van der Waals surface area contributed by atoms with E-state index in [4.69, 9.17) is 9.47 Å². The van der Waals surface area contributed by atoms with Crippen LogP contribution in [0.5, 0.6) is 5.75 Å². The van der Waals surface area contributed by atoms with E-state index in [0.717, 1.165) is 12.8 Å². The molecule has 1 aliphatic carbocycles. The van der Waals surface area contributed by atoms with Gasteiger partial charge < -0.3 is 9.47 Å². The molecule has 0 radical (unpaired) electrons. The highest BCUT2D eigenvalue weighted by Gasteiger charge is 2.37. The molecule has 4 aromatic carbocycles. The Morgan fingerprint density at radius 1 is 0.722 bits per heavy atom. The van der Waals surface area contributed by atoms with Crippen LogP contribution < -0.4 is 4.74 Å². The maximum Gasteiger partial charge on any atom is 0.344 e. The number of hydrogen-bond acceptors (Lipinski definition) is 3. The maximum atomic E-state index is 12.7. The first-order valence-electron chi connectivity index (χ1n) is 12.4. The first-order valence-corrected chi connectivity index (χ1v) is 13.6. The molecule has 4 heteroatoms. The van der Waals surface area contributed by atoms with Crippen LogP contribution in [0, 0.1) is 5.92 Å². The van der Waals surface area contributed by atoms with Crippen LogP contribution in [0.2, 0.25) is 0 Å².